The van der Waals surface area contributed by atoms with E-state index in [2.05, 4.69) is 20.2 Å². The Morgan fingerprint density at radius 1 is 1.43 bits per heavy atom. The van der Waals surface area contributed by atoms with E-state index in [-0.39, 0.29) is 5.56 Å². The number of ether oxygens (including phenoxy) is 1. The van der Waals surface area contributed by atoms with Gasteiger partial charge in [-0.15, -0.1) is 0 Å². The molecule has 1 aliphatic heterocycles. The van der Waals surface area contributed by atoms with Gasteiger partial charge in [-0.2, -0.15) is 0 Å². The number of anilines is 1. The topological polar surface area (TPSA) is 90.5 Å². The van der Waals surface area contributed by atoms with Crippen LogP contribution in [0.1, 0.15) is 10.4 Å². The van der Waals surface area contributed by atoms with E-state index in [1.165, 1.54) is 0 Å². The molecular formula is C14H18N4O3. The third kappa shape index (κ3) is 3.32. The van der Waals surface area contributed by atoms with Gasteiger partial charge in [-0.3, -0.25) is 4.90 Å². The van der Waals surface area contributed by atoms with Crippen LogP contribution in [-0.4, -0.2) is 65.3 Å². The highest BCUT2D eigenvalue weighted by Crippen LogP contribution is 2.16. The number of aromatic nitrogens is 2. The quantitative estimate of drug-likeness (QED) is 0.761. The number of nitrogens with zero attached hydrogens (tertiary/aromatic N) is 2. The summed E-state index contributed by atoms with van der Waals surface area (Å²) in [4.78, 5) is 20.8. The average Bonchev–Trinajstić information content (AvgIpc) is 2.90. The van der Waals surface area contributed by atoms with Crippen molar-refractivity contribution in [3.05, 3.63) is 23.8 Å². The first-order valence-corrected chi connectivity index (χ1v) is 6.99. The van der Waals surface area contributed by atoms with E-state index in [1.54, 1.807) is 18.2 Å². The maximum absolute atomic E-state index is 10.9. The van der Waals surface area contributed by atoms with Crippen LogP contribution in [-0.2, 0) is 4.74 Å². The smallest absolute Gasteiger partial charge is 0.335 e. The number of nitrogens with one attached hydrogen (secondary N) is 2. The summed E-state index contributed by atoms with van der Waals surface area (Å²) >= 11 is 0. The summed E-state index contributed by atoms with van der Waals surface area (Å²) in [5, 5.41) is 12.2. The van der Waals surface area contributed by atoms with Crippen molar-refractivity contribution in [2.75, 3.05) is 44.7 Å². The highest BCUT2D eigenvalue weighted by molar-refractivity contribution is 5.92. The Labute approximate surface area is 121 Å². The number of aromatic carboxylic acids is 1. The van der Waals surface area contributed by atoms with Gasteiger partial charge in [0, 0.05) is 26.2 Å². The van der Waals surface area contributed by atoms with Crippen molar-refractivity contribution in [3.8, 4) is 0 Å². The second-order valence-corrected chi connectivity index (χ2v) is 5.00. The highest BCUT2D eigenvalue weighted by atomic mass is 16.5. The van der Waals surface area contributed by atoms with Gasteiger partial charge in [0.25, 0.3) is 0 Å². The van der Waals surface area contributed by atoms with Crippen LogP contribution in [0.5, 0.6) is 0 Å². The fourth-order valence-corrected chi connectivity index (χ4v) is 2.38. The molecule has 0 bridgehead atoms. The van der Waals surface area contributed by atoms with Gasteiger partial charge in [0.15, 0.2) is 0 Å². The van der Waals surface area contributed by atoms with Crippen LogP contribution in [0.3, 0.4) is 0 Å². The molecule has 7 heteroatoms. The number of carboxylic acids is 1. The van der Waals surface area contributed by atoms with Gasteiger partial charge in [-0.25, -0.2) is 9.78 Å². The number of aromatic amines is 1. The summed E-state index contributed by atoms with van der Waals surface area (Å²) in [7, 11) is 0. The van der Waals surface area contributed by atoms with Crippen LogP contribution in [0.4, 0.5) is 5.95 Å². The van der Waals surface area contributed by atoms with E-state index in [1.807, 2.05) is 0 Å². The van der Waals surface area contributed by atoms with E-state index in [0.717, 1.165) is 50.4 Å². The van der Waals surface area contributed by atoms with Gasteiger partial charge in [-0.1, -0.05) is 0 Å². The van der Waals surface area contributed by atoms with Gasteiger partial charge in [0.2, 0.25) is 5.95 Å². The highest BCUT2D eigenvalue weighted by Gasteiger charge is 2.10. The molecule has 0 spiro atoms. The molecule has 0 radical (unpaired) electrons. The molecule has 1 aliphatic rings. The molecule has 0 unspecified atom stereocenters. The molecule has 0 aliphatic carbocycles. The lowest BCUT2D eigenvalue weighted by molar-refractivity contribution is 0.0398. The lowest BCUT2D eigenvalue weighted by Crippen LogP contribution is -2.39. The molecule has 1 aromatic carbocycles. The zero-order valence-electron chi connectivity index (χ0n) is 11.6. The predicted molar refractivity (Wildman–Crippen MR) is 78.8 cm³/mol. The predicted octanol–water partition coefficient (Wildman–Crippen LogP) is 1.01. The molecule has 3 rings (SSSR count). The van der Waals surface area contributed by atoms with Crippen molar-refractivity contribution < 1.29 is 14.6 Å². The van der Waals surface area contributed by atoms with Crippen molar-refractivity contribution in [1.82, 2.24) is 14.9 Å². The average molecular weight is 290 g/mol. The van der Waals surface area contributed by atoms with E-state index >= 15 is 0 Å². The van der Waals surface area contributed by atoms with Crippen LogP contribution in [0.2, 0.25) is 0 Å². The van der Waals surface area contributed by atoms with Gasteiger partial charge in [0.05, 0.1) is 29.8 Å². The molecule has 1 aromatic heterocycles. The minimum atomic E-state index is -0.937. The van der Waals surface area contributed by atoms with Gasteiger partial charge < -0.3 is 20.1 Å². The van der Waals surface area contributed by atoms with Crippen molar-refractivity contribution in [3.63, 3.8) is 0 Å². The first-order chi connectivity index (χ1) is 10.2. The number of rotatable bonds is 5. The first-order valence-electron chi connectivity index (χ1n) is 6.99. The van der Waals surface area contributed by atoms with Crippen LogP contribution in [0.15, 0.2) is 18.2 Å². The molecule has 3 N–H and O–H groups in total. The number of benzene rings is 1. The molecule has 112 valence electrons. The van der Waals surface area contributed by atoms with E-state index in [0.29, 0.717) is 5.95 Å². The Morgan fingerprint density at radius 2 is 2.24 bits per heavy atom. The molecule has 1 saturated heterocycles. The molecule has 0 saturated carbocycles. The van der Waals surface area contributed by atoms with Crippen molar-refractivity contribution in [2.45, 2.75) is 0 Å². The molecule has 1 fully saturated rings. The third-order valence-corrected chi connectivity index (χ3v) is 3.55. The molecule has 0 amide bonds. The number of hydrogen-bond acceptors (Lipinski definition) is 5. The Balaban J connectivity index is 1.60. The van der Waals surface area contributed by atoms with Gasteiger partial charge in [-0.05, 0) is 18.2 Å². The van der Waals surface area contributed by atoms with E-state index in [4.69, 9.17) is 9.84 Å². The lowest BCUT2D eigenvalue weighted by Gasteiger charge is -2.26. The van der Waals surface area contributed by atoms with Crippen LogP contribution < -0.4 is 5.32 Å². The zero-order valence-corrected chi connectivity index (χ0v) is 11.6. The normalized spacial score (nSPS) is 16.2. The van der Waals surface area contributed by atoms with Gasteiger partial charge in [0.1, 0.15) is 0 Å². The fraction of sp³-hybridized carbons (Fsp3) is 0.429. The van der Waals surface area contributed by atoms with Crippen LogP contribution in [0.25, 0.3) is 11.0 Å². The standard InChI is InChI=1S/C14H18N4O3/c19-13(20)10-1-2-11-12(9-10)17-14(16-11)15-3-4-18-5-7-21-8-6-18/h1-2,9H,3-8H2,(H,19,20)(H2,15,16,17). The number of H-pyrrole nitrogens is 1. The fourth-order valence-electron chi connectivity index (χ4n) is 2.38. The second kappa shape index (κ2) is 6.11. The number of imidazole rings is 1. The van der Waals surface area contributed by atoms with E-state index < -0.39 is 5.97 Å². The minimum Gasteiger partial charge on any atom is -0.478 e. The largest absolute Gasteiger partial charge is 0.478 e. The second-order valence-electron chi connectivity index (χ2n) is 5.00. The van der Waals surface area contributed by atoms with Crippen LogP contribution >= 0.6 is 0 Å². The number of carbonyl (C=O) groups is 1. The molecule has 7 nitrogen and oxygen atoms in total. The monoisotopic (exact) mass is 290 g/mol. The van der Waals surface area contributed by atoms with Crippen LogP contribution in [0, 0.1) is 0 Å². The summed E-state index contributed by atoms with van der Waals surface area (Å²) in [5.41, 5.74) is 1.74. The molecule has 0 atom stereocenters. The van der Waals surface area contributed by atoms with E-state index in [9.17, 15) is 4.79 Å². The van der Waals surface area contributed by atoms with Crippen molar-refractivity contribution in [2.24, 2.45) is 0 Å². The Morgan fingerprint density at radius 3 is 3.00 bits per heavy atom. The number of morpholine rings is 1. The summed E-state index contributed by atoms with van der Waals surface area (Å²) in [6.45, 7) is 5.23. The number of fused-ring (bicyclic) bond motifs is 1. The molecule has 21 heavy (non-hydrogen) atoms. The maximum Gasteiger partial charge on any atom is 0.335 e. The SMILES string of the molecule is O=C(O)c1ccc2nc(NCCN3CCOCC3)[nH]c2c1. The van der Waals surface area contributed by atoms with Crippen molar-refractivity contribution >= 4 is 23.0 Å². The molecular weight excluding hydrogens is 272 g/mol. The minimum absolute atomic E-state index is 0.256. The summed E-state index contributed by atoms with van der Waals surface area (Å²) in [5.74, 6) is -0.269. The summed E-state index contributed by atoms with van der Waals surface area (Å²) in [6, 6.07) is 4.86. The molecule has 2 aromatic rings. The Bertz CT molecular complexity index is 634. The summed E-state index contributed by atoms with van der Waals surface area (Å²) in [6.07, 6.45) is 0. The number of carboxylic acid groups (broad SMARTS) is 1. The summed E-state index contributed by atoms with van der Waals surface area (Å²) < 4.78 is 5.31. The number of hydrogen-bond donors (Lipinski definition) is 3. The first kappa shape index (κ1) is 13.8. The maximum atomic E-state index is 10.9. The Hall–Kier alpha value is -2.12. The lowest BCUT2D eigenvalue weighted by atomic mass is 10.2. The van der Waals surface area contributed by atoms with Gasteiger partial charge >= 0.3 is 5.97 Å². The van der Waals surface area contributed by atoms with Crippen molar-refractivity contribution in [1.29, 1.82) is 0 Å². The third-order valence-electron chi connectivity index (χ3n) is 3.55. The Kier molecular flexibility index (Phi) is 4.03. The molecule has 2 heterocycles. The zero-order chi connectivity index (χ0) is 14.7.